The number of hydrogen-bond donors (Lipinski definition) is 1. The van der Waals surface area contributed by atoms with Crippen molar-refractivity contribution in [2.45, 2.75) is 26.8 Å². The van der Waals surface area contributed by atoms with Crippen molar-refractivity contribution in [1.82, 2.24) is 4.90 Å². The lowest BCUT2D eigenvalue weighted by Crippen LogP contribution is -2.40. The zero-order valence-electron chi connectivity index (χ0n) is 11.6. The Morgan fingerprint density at radius 3 is 2.44 bits per heavy atom. The fourth-order valence-corrected chi connectivity index (χ4v) is 2.64. The Morgan fingerprint density at radius 2 is 1.83 bits per heavy atom. The minimum atomic E-state index is 0.105. The van der Waals surface area contributed by atoms with Crippen molar-refractivity contribution < 1.29 is 9.84 Å². The van der Waals surface area contributed by atoms with Crippen LogP contribution in [-0.2, 0) is 4.74 Å². The quantitative estimate of drug-likeness (QED) is 0.889. The Labute approximate surface area is 109 Å². The van der Waals surface area contributed by atoms with E-state index >= 15 is 0 Å². The number of aliphatic hydroxyl groups is 1. The van der Waals surface area contributed by atoms with Crippen LogP contribution in [-0.4, -0.2) is 42.9 Å². The van der Waals surface area contributed by atoms with E-state index in [0.29, 0.717) is 0 Å². The minimum absolute atomic E-state index is 0.105. The van der Waals surface area contributed by atoms with Gasteiger partial charge in [0.1, 0.15) is 0 Å². The van der Waals surface area contributed by atoms with Crippen molar-refractivity contribution in [3.63, 3.8) is 0 Å². The highest BCUT2D eigenvalue weighted by Crippen LogP contribution is 2.27. The molecule has 1 aromatic rings. The largest absolute Gasteiger partial charge is 0.394 e. The fraction of sp³-hybridized carbons (Fsp3) is 0.600. The Balaban J connectivity index is 2.29. The van der Waals surface area contributed by atoms with Gasteiger partial charge in [0.15, 0.2) is 0 Å². The van der Waals surface area contributed by atoms with Crippen LogP contribution in [0.3, 0.4) is 0 Å². The monoisotopic (exact) mass is 249 g/mol. The number of benzene rings is 1. The van der Waals surface area contributed by atoms with Crippen molar-refractivity contribution >= 4 is 0 Å². The maximum Gasteiger partial charge on any atom is 0.0628 e. The van der Waals surface area contributed by atoms with E-state index in [2.05, 4.69) is 37.8 Å². The van der Waals surface area contributed by atoms with Gasteiger partial charge in [-0.05, 0) is 43.0 Å². The van der Waals surface area contributed by atoms with Gasteiger partial charge in [-0.25, -0.2) is 0 Å². The van der Waals surface area contributed by atoms with Gasteiger partial charge in [0.25, 0.3) is 0 Å². The molecule has 0 spiro atoms. The van der Waals surface area contributed by atoms with Gasteiger partial charge >= 0.3 is 0 Å². The van der Waals surface area contributed by atoms with Crippen LogP contribution in [0.15, 0.2) is 12.1 Å². The molecule has 3 nitrogen and oxygen atoms in total. The van der Waals surface area contributed by atoms with E-state index in [-0.39, 0.29) is 12.6 Å². The van der Waals surface area contributed by atoms with Crippen LogP contribution in [0.25, 0.3) is 0 Å². The van der Waals surface area contributed by atoms with E-state index in [0.717, 1.165) is 26.3 Å². The molecular weight excluding hydrogens is 226 g/mol. The van der Waals surface area contributed by atoms with E-state index in [4.69, 9.17) is 4.74 Å². The van der Waals surface area contributed by atoms with Gasteiger partial charge in [0.2, 0.25) is 0 Å². The highest BCUT2D eigenvalue weighted by atomic mass is 16.5. The molecule has 3 heteroatoms. The van der Waals surface area contributed by atoms with Crippen LogP contribution in [0.4, 0.5) is 0 Å². The molecule has 1 N–H and O–H groups in total. The van der Waals surface area contributed by atoms with Gasteiger partial charge in [-0.3, -0.25) is 4.90 Å². The van der Waals surface area contributed by atoms with Gasteiger partial charge in [-0.15, -0.1) is 0 Å². The van der Waals surface area contributed by atoms with Gasteiger partial charge < -0.3 is 9.84 Å². The van der Waals surface area contributed by atoms with Crippen molar-refractivity contribution in [1.29, 1.82) is 0 Å². The molecule has 1 atom stereocenters. The van der Waals surface area contributed by atoms with Crippen molar-refractivity contribution in [2.75, 3.05) is 32.9 Å². The predicted molar refractivity (Wildman–Crippen MR) is 72.9 cm³/mol. The van der Waals surface area contributed by atoms with Crippen LogP contribution >= 0.6 is 0 Å². The van der Waals surface area contributed by atoms with Gasteiger partial charge in [-0.2, -0.15) is 0 Å². The van der Waals surface area contributed by atoms with Crippen LogP contribution in [0.1, 0.15) is 28.3 Å². The highest BCUT2D eigenvalue weighted by Gasteiger charge is 2.23. The number of ether oxygens (including phenoxy) is 1. The summed E-state index contributed by atoms with van der Waals surface area (Å²) in [6, 6.07) is 4.42. The molecule has 100 valence electrons. The molecule has 18 heavy (non-hydrogen) atoms. The van der Waals surface area contributed by atoms with Crippen LogP contribution in [0, 0.1) is 20.8 Å². The number of aliphatic hydroxyl groups excluding tert-OH is 1. The average Bonchev–Trinajstić information content (AvgIpc) is 2.41. The summed E-state index contributed by atoms with van der Waals surface area (Å²) in [5.74, 6) is 0. The SMILES string of the molecule is Cc1ccc(C(CO)N2CCOCC2)c(C)c1C. The van der Waals surface area contributed by atoms with E-state index in [1.807, 2.05) is 0 Å². The first kappa shape index (κ1) is 13.5. The summed E-state index contributed by atoms with van der Waals surface area (Å²) in [6.07, 6.45) is 0. The number of hydrogen-bond acceptors (Lipinski definition) is 3. The summed E-state index contributed by atoms with van der Waals surface area (Å²) >= 11 is 0. The van der Waals surface area contributed by atoms with Crippen molar-refractivity contribution in [3.05, 3.63) is 34.4 Å². The van der Waals surface area contributed by atoms with Gasteiger partial charge in [-0.1, -0.05) is 12.1 Å². The third-order valence-electron chi connectivity index (χ3n) is 4.12. The summed E-state index contributed by atoms with van der Waals surface area (Å²) in [5, 5.41) is 9.73. The Morgan fingerprint density at radius 1 is 1.17 bits per heavy atom. The second-order valence-electron chi connectivity index (χ2n) is 5.07. The first-order valence-corrected chi connectivity index (χ1v) is 6.64. The molecule has 1 aromatic carbocycles. The lowest BCUT2D eigenvalue weighted by Gasteiger charge is -2.34. The number of morpholine rings is 1. The third-order valence-corrected chi connectivity index (χ3v) is 4.12. The van der Waals surface area contributed by atoms with E-state index in [1.165, 1.54) is 22.3 Å². The third kappa shape index (κ3) is 2.58. The summed E-state index contributed by atoms with van der Waals surface area (Å²) < 4.78 is 5.38. The molecule has 1 fully saturated rings. The van der Waals surface area contributed by atoms with Gasteiger partial charge in [0, 0.05) is 13.1 Å². The average molecular weight is 249 g/mol. The van der Waals surface area contributed by atoms with Crippen LogP contribution < -0.4 is 0 Å². The molecule has 0 aromatic heterocycles. The fourth-order valence-electron chi connectivity index (χ4n) is 2.64. The topological polar surface area (TPSA) is 32.7 Å². The molecule has 1 heterocycles. The number of aryl methyl sites for hydroxylation is 1. The maximum absolute atomic E-state index is 9.73. The standard InChI is InChI=1S/C15H23NO2/c1-11-4-5-14(13(3)12(11)2)15(10-17)16-6-8-18-9-7-16/h4-5,15,17H,6-10H2,1-3H3. The molecule has 1 unspecified atom stereocenters. The van der Waals surface area contributed by atoms with Crippen molar-refractivity contribution in [2.24, 2.45) is 0 Å². The normalized spacial score (nSPS) is 18.9. The summed E-state index contributed by atoms with van der Waals surface area (Å²) in [4.78, 5) is 2.32. The zero-order chi connectivity index (χ0) is 13.1. The first-order chi connectivity index (χ1) is 8.65. The van der Waals surface area contributed by atoms with Crippen LogP contribution in [0.2, 0.25) is 0 Å². The Bertz CT molecular complexity index is 411. The lowest BCUT2D eigenvalue weighted by atomic mass is 9.93. The molecular formula is C15H23NO2. The second kappa shape index (κ2) is 5.83. The van der Waals surface area contributed by atoms with Crippen molar-refractivity contribution in [3.8, 4) is 0 Å². The molecule has 0 radical (unpaired) electrons. The molecule has 1 aliphatic rings. The zero-order valence-corrected chi connectivity index (χ0v) is 11.6. The smallest absolute Gasteiger partial charge is 0.0628 e. The van der Waals surface area contributed by atoms with E-state index in [1.54, 1.807) is 0 Å². The van der Waals surface area contributed by atoms with E-state index < -0.39 is 0 Å². The highest BCUT2D eigenvalue weighted by molar-refractivity contribution is 5.40. The molecule has 1 aliphatic heterocycles. The maximum atomic E-state index is 9.73. The first-order valence-electron chi connectivity index (χ1n) is 6.64. The molecule has 0 amide bonds. The predicted octanol–water partition coefficient (Wildman–Crippen LogP) is 1.98. The van der Waals surface area contributed by atoms with Crippen LogP contribution in [0.5, 0.6) is 0 Å². The summed E-state index contributed by atoms with van der Waals surface area (Å²) in [5.41, 5.74) is 5.21. The molecule has 0 aliphatic carbocycles. The molecule has 0 saturated carbocycles. The molecule has 0 bridgehead atoms. The number of rotatable bonds is 3. The number of nitrogens with zero attached hydrogens (tertiary/aromatic N) is 1. The minimum Gasteiger partial charge on any atom is -0.394 e. The molecule has 1 saturated heterocycles. The van der Waals surface area contributed by atoms with E-state index in [9.17, 15) is 5.11 Å². The summed E-state index contributed by atoms with van der Waals surface area (Å²) in [6.45, 7) is 9.94. The Hall–Kier alpha value is -0.900. The molecule has 2 rings (SSSR count). The lowest BCUT2D eigenvalue weighted by molar-refractivity contribution is 0.00242. The summed E-state index contributed by atoms with van der Waals surface area (Å²) in [7, 11) is 0. The van der Waals surface area contributed by atoms with Gasteiger partial charge in [0.05, 0.1) is 25.9 Å². The second-order valence-corrected chi connectivity index (χ2v) is 5.07. The Kier molecular flexibility index (Phi) is 4.38.